The number of hydrogen-bond donors (Lipinski definition) is 3. The second kappa shape index (κ2) is 38.6. The number of aromatic nitrogens is 4. The van der Waals surface area contributed by atoms with Crippen LogP contribution >= 0.6 is 0 Å². The van der Waals surface area contributed by atoms with Crippen molar-refractivity contribution in [1.82, 2.24) is 64.5 Å². The Labute approximate surface area is 609 Å². The molecule has 5 amide bonds. The molecule has 6 aliphatic rings. The first-order chi connectivity index (χ1) is 48.5. The molecule has 3 N–H and O–H groups in total. The molecular formula is C82H137N13O6. The minimum Gasteiger partial charge on any atom is -0.490 e. The van der Waals surface area contributed by atoms with E-state index in [1.54, 1.807) is 0 Å². The van der Waals surface area contributed by atoms with E-state index < -0.39 is 18.1 Å². The second-order valence-corrected chi connectivity index (χ2v) is 33.4. The summed E-state index contributed by atoms with van der Waals surface area (Å²) >= 11 is 0. The molecule has 566 valence electrons. The highest BCUT2D eigenvalue weighted by molar-refractivity contribution is 5.91. The molecule has 6 aliphatic heterocycles. The van der Waals surface area contributed by atoms with Crippen LogP contribution in [0.15, 0.2) is 36.5 Å². The molecule has 101 heavy (non-hydrogen) atoms. The van der Waals surface area contributed by atoms with Crippen LogP contribution in [0.25, 0.3) is 0 Å². The van der Waals surface area contributed by atoms with Gasteiger partial charge in [-0.25, -0.2) is 9.97 Å². The lowest BCUT2D eigenvalue weighted by Crippen LogP contribution is -2.62. The number of likely N-dealkylation sites (tertiary alicyclic amines) is 3. The van der Waals surface area contributed by atoms with Crippen LogP contribution in [-0.4, -0.2) is 205 Å². The summed E-state index contributed by atoms with van der Waals surface area (Å²) in [6.07, 6.45) is 21.8. The smallest absolute Gasteiger partial charge is 0.245 e. The SMILES string of the molecule is CCCc1nc(CC2CCN(C(=O)[C@H](CC(C)CCC(C)C[C@@H]3NCCN([C@@H](CC(C)C)C(=O)N4CCC(C(C)Oc5ccccc5)CC4)C3=O)N3CCN[C@@H](CC(C)C(C)C[C@@H](C(=O)N4CCC(Cc5ncc(CCC)n5C)CC4)N4CCN[C@@H](CC(C)C)C4)C3=O)CC2)n(C)c1CCC. The van der Waals surface area contributed by atoms with Gasteiger partial charge in [-0.3, -0.25) is 28.9 Å². The molecule has 0 aliphatic carbocycles. The van der Waals surface area contributed by atoms with Crippen LogP contribution in [0, 0.1) is 53.3 Å². The van der Waals surface area contributed by atoms with Gasteiger partial charge in [0.25, 0.3) is 0 Å². The predicted molar refractivity (Wildman–Crippen MR) is 405 cm³/mol. The Balaban J connectivity index is 0.845. The molecule has 1 aromatic carbocycles. The Morgan fingerprint density at radius 2 is 1.08 bits per heavy atom. The van der Waals surface area contributed by atoms with E-state index in [1.165, 1.54) is 17.1 Å². The Kier molecular flexibility index (Phi) is 30.5. The summed E-state index contributed by atoms with van der Waals surface area (Å²) in [7, 11) is 4.34. The molecule has 5 unspecified atom stereocenters. The molecule has 6 fully saturated rings. The number of para-hydroxylation sites is 1. The number of ether oxygens (including phenoxy) is 1. The third kappa shape index (κ3) is 21.7. The summed E-state index contributed by atoms with van der Waals surface area (Å²) in [6, 6.07) is 8.15. The van der Waals surface area contributed by atoms with Gasteiger partial charge in [-0.05, 0) is 169 Å². The molecule has 0 radical (unpaired) electrons. The zero-order valence-electron chi connectivity index (χ0n) is 65.4. The molecule has 9 rings (SSSR count). The first kappa shape index (κ1) is 79.7. The van der Waals surface area contributed by atoms with Gasteiger partial charge in [0.15, 0.2) is 0 Å². The van der Waals surface area contributed by atoms with Gasteiger partial charge in [0.2, 0.25) is 29.5 Å². The van der Waals surface area contributed by atoms with E-state index in [9.17, 15) is 9.59 Å². The number of amides is 5. The molecule has 11 atom stereocenters. The number of aryl methyl sites for hydroxylation is 2. The largest absolute Gasteiger partial charge is 0.490 e. The predicted octanol–water partition coefficient (Wildman–Crippen LogP) is 10.9. The van der Waals surface area contributed by atoms with E-state index >= 15 is 14.4 Å². The van der Waals surface area contributed by atoms with Crippen LogP contribution in [0.3, 0.4) is 0 Å². The summed E-state index contributed by atoms with van der Waals surface area (Å²) in [5, 5.41) is 11.0. The van der Waals surface area contributed by atoms with E-state index in [-0.39, 0.29) is 77.3 Å². The number of carbonyl (C=O) groups is 5. The van der Waals surface area contributed by atoms with Crippen molar-refractivity contribution in [3.63, 3.8) is 0 Å². The molecule has 8 heterocycles. The molecule has 0 spiro atoms. The van der Waals surface area contributed by atoms with Crippen molar-refractivity contribution in [3.8, 4) is 5.75 Å². The molecule has 3 aromatic rings. The van der Waals surface area contributed by atoms with Gasteiger partial charge in [-0.2, -0.15) is 0 Å². The average Bonchev–Trinajstić information content (AvgIpc) is 1.12. The minimum atomic E-state index is -0.591. The van der Waals surface area contributed by atoms with Crippen molar-refractivity contribution in [2.45, 2.75) is 267 Å². The van der Waals surface area contributed by atoms with Crippen LogP contribution < -0.4 is 20.7 Å². The number of hydrogen-bond acceptors (Lipinski definition) is 12. The molecule has 0 saturated carbocycles. The topological polar surface area (TPSA) is 186 Å². The maximum Gasteiger partial charge on any atom is 0.245 e. The van der Waals surface area contributed by atoms with Crippen molar-refractivity contribution >= 4 is 29.5 Å². The Morgan fingerprint density at radius 1 is 0.545 bits per heavy atom. The number of nitrogens with one attached hydrogen (secondary N) is 3. The highest BCUT2D eigenvalue weighted by atomic mass is 16.5. The zero-order chi connectivity index (χ0) is 72.4. The third-order valence-electron chi connectivity index (χ3n) is 24.4. The fourth-order valence-electron chi connectivity index (χ4n) is 18.0. The third-order valence-corrected chi connectivity index (χ3v) is 24.4. The number of nitrogens with zero attached hydrogens (tertiary/aromatic N) is 10. The lowest BCUT2D eigenvalue weighted by atomic mass is 9.83. The first-order valence-electron chi connectivity index (χ1n) is 40.7. The van der Waals surface area contributed by atoms with Gasteiger partial charge < -0.3 is 54.3 Å². The van der Waals surface area contributed by atoms with Crippen LogP contribution in [-0.2, 0) is 70.2 Å². The summed E-state index contributed by atoms with van der Waals surface area (Å²) in [5.41, 5.74) is 3.90. The zero-order valence-corrected chi connectivity index (χ0v) is 65.4. The monoisotopic (exact) mass is 1400 g/mol. The van der Waals surface area contributed by atoms with E-state index in [2.05, 4.69) is 137 Å². The van der Waals surface area contributed by atoms with Crippen LogP contribution in [0.5, 0.6) is 5.75 Å². The van der Waals surface area contributed by atoms with Gasteiger partial charge in [0.1, 0.15) is 29.5 Å². The van der Waals surface area contributed by atoms with Crippen LogP contribution in [0.2, 0.25) is 0 Å². The lowest BCUT2D eigenvalue weighted by molar-refractivity contribution is -0.150. The molecule has 19 heteroatoms. The summed E-state index contributed by atoms with van der Waals surface area (Å²) < 4.78 is 11.0. The van der Waals surface area contributed by atoms with Gasteiger partial charge >= 0.3 is 0 Å². The van der Waals surface area contributed by atoms with Crippen molar-refractivity contribution in [2.24, 2.45) is 67.4 Å². The average molecular weight is 1400 g/mol. The van der Waals surface area contributed by atoms with E-state index in [1.807, 2.05) is 51.2 Å². The molecule has 2 aromatic heterocycles. The van der Waals surface area contributed by atoms with E-state index in [0.717, 1.165) is 166 Å². The highest BCUT2D eigenvalue weighted by Gasteiger charge is 2.44. The van der Waals surface area contributed by atoms with Crippen molar-refractivity contribution < 1.29 is 28.7 Å². The van der Waals surface area contributed by atoms with Gasteiger partial charge in [0.05, 0.1) is 29.9 Å². The van der Waals surface area contributed by atoms with Gasteiger partial charge in [-0.15, -0.1) is 0 Å². The van der Waals surface area contributed by atoms with E-state index in [0.29, 0.717) is 108 Å². The quantitative estimate of drug-likeness (QED) is 0.0507. The Bertz CT molecular complexity index is 3050. The maximum atomic E-state index is 15.5. The van der Waals surface area contributed by atoms with Crippen molar-refractivity contribution in [1.29, 1.82) is 0 Å². The number of benzene rings is 1. The molecule has 0 bridgehead atoms. The van der Waals surface area contributed by atoms with Gasteiger partial charge in [-0.1, -0.05) is 126 Å². The number of rotatable bonds is 35. The summed E-state index contributed by atoms with van der Waals surface area (Å²) in [4.78, 5) is 98.1. The Hall–Kier alpha value is -5.37. The molecular weight excluding hydrogens is 1260 g/mol. The fourth-order valence-corrected chi connectivity index (χ4v) is 18.0. The second-order valence-electron chi connectivity index (χ2n) is 33.4. The van der Waals surface area contributed by atoms with Crippen LogP contribution in [0.4, 0.5) is 0 Å². The van der Waals surface area contributed by atoms with Crippen molar-refractivity contribution in [2.75, 3.05) is 85.1 Å². The Morgan fingerprint density at radius 3 is 1.65 bits per heavy atom. The number of imidazole rings is 2. The van der Waals surface area contributed by atoms with Gasteiger partial charge in [0, 0.05) is 136 Å². The standard InChI is InChI=1S/C82H137N13O6/c1-15-21-67-54-86-76(88(67)13)52-63-28-37-90(38-29-63)80(98)73(93-43-34-83-66(55-93)46-56(4)5)51-61(11)60(10)50-71-79(97)95(45-36-85-71)75(82(100)91-39-30-64(31-40-91)53-77-87-69(22-16-2)72(23-17-3)89(77)14)49-59(9)27-26-58(8)48-70-78(96)94(44-35-84-70)74(47-57(6)7)81(99)92-41-32-65(33-42-92)62(12)101-68-24-19-18-20-25-68/h18-20,24-25,54,56-66,70-71,73-75,83-85H,15-17,21-23,26-53,55H2,1-14H3/t58?,59?,60?,61?,62?,66-,70-,71-,73-,74-,75-/m0/s1. The lowest BCUT2D eigenvalue weighted by Gasteiger charge is -2.44. The number of piperazine rings is 3. The number of carbonyl (C=O) groups excluding carboxylic acids is 5. The fraction of sp³-hybridized carbons (Fsp3) is 0.793. The summed E-state index contributed by atoms with van der Waals surface area (Å²) in [6.45, 7) is 35.7. The first-order valence-corrected chi connectivity index (χ1v) is 40.7. The van der Waals surface area contributed by atoms with Crippen molar-refractivity contribution in [3.05, 3.63) is 65.3 Å². The molecule has 19 nitrogen and oxygen atoms in total. The number of piperidine rings is 3. The maximum absolute atomic E-state index is 15.5. The van der Waals surface area contributed by atoms with Crippen LogP contribution in [0.1, 0.15) is 221 Å². The van der Waals surface area contributed by atoms with E-state index in [4.69, 9.17) is 14.7 Å². The highest BCUT2D eigenvalue weighted by Crippen LogP contribution is 2.34. The summed E-state index contributed by atoms with van der Waals surface area (Å²) in [5.74, 6) is 6.28. The normalized spacial score (nSPS) is 23.0. The molecule has 6 saturated heterocycles. The minimum absolute atomic E-state index is 0.0131.